The van der Waals surface area contributed by atoms with Gasteiger partial charge >= 0.3 is 0 Å². The predicted octanol–water partition coefficient (Wildman–Crippen LogP) is 0.490. The van der Waals surface area contributed by atoms with Gasteiger partial charge in [0.05, 0.1) is 24.3 Å². The molecule has 0 aliphatic heterocycles. The maximum absolute atomic E-state index is 11.7. The number of para-hydroxylation sites is 2. The van der Waals surface area contributed by atoms with Crippen molar-refractivity contribution in [1.82, 2.24) is 14.7 Å². The van der Waals surface area contributed by atoms with Gasteiger partial charge in [-0.25, -0.2) is 18.1 Å². The Balaban J connectivity index is 1.79. The molecular formula is C12H16N4O3S. The summed E-state index contributed by atoms with van der Waals surface area (Å²) in [5, 5.41) is 0. The molecule has 0 saturated carbocycles. The zero-order valence-corrected chi connectivity index (χ0v) is 11.6. The molecule has 1 aromatic heterocycles. The second-order valence-corrected chi connectivity index (χ2v) is 6.03. The number of rotatable bonds is 7. The van der Waals surface area contributed by atoms with E-state index < -0.39 is 10.0 Å². The molecule has 7 nitrogen and oxygen atoms in total. The Kier molecular flexibility index (Phi) is 4.59. The van der Waals surface area contributed by atoms with Gasteiger partial charge in [-0.15, -0.1) is 0 Å². The molecule has 1 heterocycles. The molecule has 0 atom stereocenters. The van der Waals surface area contributed by atoms with Gasteiger partial charge in [-0.1, -0.05) is 12.1 Å². The zero-order valence-electron chi connectivity index (χ0n) is 10.7. The molecule has 0 saturated heterocycles. The van der Waals surface area contributed by atoms with E-state index in [9.17, 15) is 8.42 Å². The summed E-state index contributed by atoms with van der Waals surface area (Å²) in [5.41, 5.74) is 6.87. The molecule has 1 aromatic carbocycles. The van der Waals surface area contributed by atoms with Crippen molar-refractivity contribution in [3.8, 4) is 5.75 Å². The zero-order chi connectivity index (χ0) is 14.4. The number of H-pyrrole nitrogens is 1. The fourth-order valence-electron chi connectivity index (χ4n) is 1.51. The van der Waals surface area contributed by atoms with Crippen molar-refractivity contribution < 1.29 is 13.2 Å². The number of hydrogen-bond donors (Lipinski definition) is 3. The van der Waals surface area contributed by atoms with Crippen LogP contribution >= 0.6 is 0 Å². The number of benzene rings is 1. The molecule has 0 amide bonds. The molecule has 0 fully saturated rings. The van der Waals surface area contributed by atoms with E-state index in [0.29, 0.717) is 17.1 Å². The van der Waals surface area contributed by atoms with Gasteiger partial charge in [0.1, 0.15) is 12.4 Å². The molecule has 4 N–H and O–H groups in total. The average molecular weight is 296 g/mol. The van der Waals surface area contributed by atoms with Crippen LogP contribution in [0.1, 0.15) is 5.69 Å². The van der Waals surface area contributed by atoms with Gasteiger partial charge in [0, 0.05) is 11.9 Å². The summed E-state index contributed by atoms with van der Waals surface area (Å²) in [4.78, 5) is 6.62. The van der Waals surface area contributed by atoms with Gasteiger partial charge < -0.3 is 15.5 Å². The van der Waals surface area contributed by atoms with Crippen LogP contribution in [-0.2, 0) is 16.6 Å². The molecule has 108 valence electrons. The first kappa shape index (κ1) is 14.4. The molecule has 0 bridgehead atoms. The number of hydrogen-bond acceptors (Lipinski definition) is 5. The van der Waals surface area contributed by atoms with E-state index in [1.54, 1.807) is 30.5 Å². The molecule has 2 rings (SSSR count). The number of nitrogens with two attached hydrogens (primary N) is 1. The first-order valence-electron chi connectivity index (χ1n) is 5.99. The fraction of sp³-hybridized carbons (Fsp3) is 0.250. The van der Waals surface area contributed by atoms with Crippen LogP contribution in [0.15, 0.2) is 36.8 Å². The summed E-state index contributed by atoms with van der Waals surface area (Å²) < 4.78 is 31.3. The molecule has 0 aliphatic carbocycles. The highest BCUT2D eigenvalue weighted by Crippen LogP contribution is 2.19. The molecule has 20 heavy (non-hydrogen) atoms. The van der Waals surface area contributed by atoms with E-state index in [2.05, 4.69) is 14.7 Å². The Morgan fingerprint density at radius 1 is 1.35 bits per heavy atom. The second kappa shape index (κ2) is 6.40. The van der Waals surface area contributed by atoms with Gasteiger partial charge in [0.15, 0.2) is 0 Å². The number of nitrogens with one attached hydrogen (secondary N) is 2. The van der Waals surface area contributed by atoms with Crippen molar-refractivity contribution in [3.63, 3.8) is 0 Å². The molecule has 2 aromatic rings. The summed E-state index contributed by atoms with van der Waals surface area (Å²) in [6.45, 7) is 0.211. The van der Waals surface area contributed by atoms with Gasteiger partial charge in [0.2, 0.25) is 10.0 Å². The summed E-state index contributed by atoms with van der Waals surface area (Å²) in [6.07, 6.45) is 3.05. The molecule has 0 spiro atoms. The van der Waals surface area contributed by atoms with Gasteiger partial charge in [-0.05, 0) is 12.1 Å². The number of nitrogen functional groups attached to an aromatic ring is 1. The van der Waals surface area contributed by atoms with Crippen LogP contribution in [0.3, 0.4) is 0 Å². The summed E-state index contributed by atoms with van der Waals surface area (Å²) >= 11 is 0. The first-order chi connectivity index (χ1) is 9.57. The smallest absolute Gasteiger partial charge is 0.215 e. The van der Waals surface area contributed by atoms with Crippen molar-refractivity contribution in [2.24, 2.45) is 0 Å². The summed E-state index contributed by atoms with van der Waals surface area (Å²) in [7, 11) is -3.40. The third-order valence-electron chi connectivity index (χ3n) is 2.57. The van der Waals surface area contributed by atoms with Crippen LogP contribution < -0.4 is 15.2 Å². The Labute approximate surface area is 117 Å². The molecule has 8 heteroatoms. The predicted molar refractivity (Wildman–Crippen MR) is 75.6 cm³/mol. The standard InChI is InChI=1S/C12H16N4O3S/c13-11-3-1-2-4-12(11)19-5-6-20(17,18)16-8-10-7-14-9-15-10/h1-4,7,9,16H,5-6,8,13H2,(H,14,15). The highest BCUT2D eigenvalue weighted by Gasteiger charge is 2.11. The number of aromatic nitrogens is 2. The van der Waals surface area contributed by atoms with Crippen molar-refractivity contribution in [1.29, 1.82) is 0 Å². The minimum atomic E-state index is -3.40. The molecular weight excluding hydrogens is 280 g/mol. The summed E-state index contributed by atoms with van der Waals surface area (Å²) in [6, 6.07) is 6.95. The lowest BCUT2D eigenvalue weighted by molar-refractivity contribution is 0.342. The third kappa shape index (κ3) is 4.25. The van der Waals surface area contributed by atoms with Crippen LogP contribution in [0.4, 0.5) is 5.69 Å². The quantitative estimate of drug-likeness (QED) is 0.644. The van der Waals surface area contributed by atoms with E-state index in [0.717, 1.165) is 0 Å². The van der Waals surface area contributed by atoms with Crippen LogP contribution in [0.2, 0.25) is 0 Å². The van der Waals surface area contributed by atoms with E-state index in [1.165, 1.54) is 6.33 Å². The fourth-order valence-corrected chi connectivity index (χ4v) is 2.34. The second-order valence-electron chi connectivity index (χ2n) is 4.10. The summed E-state index contributed by atoms with van der Waals surface area (Å²) in [5.74, 6) is 0.339. The highest BCUT2D eigenvalue weighted by molar-refractivity contribution is 7.89. The maximum Gasteiger partial charge on any atom is 0.215 e. The van der Waals surface area contributed by atoms with Crippen molar-refractivity contribution >= 4 is 15.7 Å². The molecule has 0 unspecified atom stereocenters. The Hall–Kier alpha value is -2.06. The maximum atomic E-state index is 11.7. The minimum Gasteiger partial charge on any atom is -0.490 e. The van der Waals surface area contributed by atoms with Crippen LogP contribution in [-0.4, -0.2) is 30.7 Å². The number of sulfonamides is 1. The monoisotopic (exact) mass is 296 g/mol. The number of aromatic amines is 1. The number of ether oxygens (including phenoxy) is 1. The number of anilines is 1. The van der Waals surface area contributed by atoms with Crippen molar-refractivity contribution in [2.75, 3.05) is 18.1 Å². The van der Waals surface area contributed by atoms with Gasteiger partial charge in [-0.3, -0.25) is 0 Å². The molecule has 0 aliphatic rings. The Morgan fingerprint density at radius 2 is 2.15 bits per heavy atom. The Bertz CT molecular complexity index is 640. The van der Waals surface area contributed by atoms with E-state index in [1.807, 2.05) is 0 Å². The molecule has 0 radical (unpaired) electrons. The largest absolute Gasteiger partial charge is 0.490 e. The van der Waals surface area contributed by atoms with E-state index in [-0.39, 0.29) is 18.9 Å². The van der Waals surface area contributed by atoms with Gasteiger partial charge in [0.25, 0.3) is 0 Å². The van der Waals surface area contributed by atoms with Gasteiger partial charge in [-0.2, -0.15) is 0 Å². The van der Waals surface area contributed by atoms with Crippen LogP contribution in [0, 0.1) is 0 Å². The average Bonchev–Trinajstić information content (AvgIpc) is 2.92. The highest BCUT2D eigenvalue weighted by atomic mass is 32.2. The normalized spacial score (nSPS) is 11.4. The van der Waals surface area contributed by atoms with E-state index in [4.69, 9.17) is 10.5 Å². The van der Waals surface area contributed by atoms with Crippen molar-refractivity contribution in [3.05, 3.63) is 42.5 Å². The minimum absolute atomic E-state index is 0.0342. The van der Waals surface area contributed by atoms with Crippen LogP contribution in [0.5, 0.6) is 5.75 Å². The lowest BCUT2D eigenvalue weighted by Gasteiger charge is -2.09. The SMILES string of the molecule is Nc1ccccc1OCCS(=O)(=O)NCc1cnc[nH]1. The Morgan fingerprint density at radius 3 is 2.85 bits per heavy atom. The van der Waals surface area contributed by atoms with Crippen LogP contribution in [0.25, 0.3) is 0 Å². The lowest BCUT2D eigenvalue weighted by atomic mass is 10.3. The first-order valence-corrected chi connectivity index (χ1v) is 7.64. The third-order valence-corrected chi connectivity index (χ3v) is 3.85. The lowest BCUT2D eigenvalue weighted by Crippen LogP contribution is -2.28. The van der Waals surface area contributed by atoms with E-state index >= 15 is 0 Å². The topological polar surface area (TPSA) is 110 Å². The number of imidazole rings is 1. The number of nitrogens with zero attached hydrogens (tertiary/aromatic N) is 1. The van der Waals surface area contributed by atoms with Crippen molar-refractivity contribution in [2.45, 2.75) is 6.54 Å².